The van der Waals surface area contributed by atoms with E-state index in [4.69, 9.17) is 5.73 Å². The zero-order valence-corrected chi connectivity index (χ0v) is 9.05. The van der Waals surface area contributed by atoms with Gasteiger partial charge in [-0.2, -0.15) is 9.36 Å². The van der Waals surface area contributed by atoms with Crippen molar-refractivity contribution in [3.05, 3.63) is 0 Å². The van der Waals surface area contributed by atoms with Crippen LogP contribution in [0.1, 0.15) is 12.8 Å². The summed E-state index contributed by atoms with van der Waals surface area (Å²) in [5.41, 5.74) is 5.43. The highest BCUT2D eigenvalue weighted by atomic mass is 32.1. The average Bonchev–Trinajstić information content (AvgIpc) is 2.72. The number of nitrogen functional groups attached to an aromatic ring is 1. The Morgan fingerprint density at radius 1 is 1.71 bits per heavy atom. The Morgan fingerprint density at radius 3 is 3.14 bits per heavy atom. The van der Waals surface area contributed by atoms with Gasteiger partial charge in [0.05, 0.1) is 0 Å². The summed E-state index contributed by atoms with van der Waals surface area (Å²) in [5, 5.41) is 4.08. The lowest BCUT2D eigenvalue weighted by molar-refractivity contribution is 0.322. The number of anilines is 2. The first-order valence-electron chi connectivity index (χ1n) is 4.79. The van der Waals surface area contributed by atoms with E-state index in [1.54, 1.807) is 0 Å². The van der Waals surface area contributed by atoms with E-state index in [1.807, 2.05) is 0 Å². The molecule has 78 valence electrons. The van der Waals surface area contributed by atoms with Gasteiger partial charge in [0.2, 0.25) is 11.1 Å². The lowest BCUT2D eigenvalue weighted by Gasteiger charge is -2.18. The number of nitrogens with zero attached hydrogens (tertiary/aromatic N) is 3. The molecule has 0 radical (unpaired) electrons. The molecule has 0 bridgehead atoms. The molecule has 1 saturated heterocycles. The van der Waals surface area contributed by atoms with Gasteiger partial charge in [-0.1, -0.05) is 0 Å². The summed E-state index contributed by atoms with van der Waals surface area (Å²) < 4.78 is 3.91. The molecule has 2 rings (SSSR count). The Hall–Kier alpha value is -0.880. The van der Waals surface area contributed by atoms with Crippen LogP contribution >= 0.6 is 11.5 Å². The molecule has 1 aliphatic heterocycles. The van der Waals surface area contributed by atoms with Gasteiger partial charge < -0.3 is 16.0 Å². The predicted octanol–water partition coefficient (Wildman–Crippen LogP) is 0.626. The van der Waals surface area contributed by atoms with E-state index in [-0.39, 0.29) is 0 Å². The van der Waals surface area contributed by atoms with E-state index in [0.29, 0.717) is 12.0 Å². The standard InChI is InChI=1S/C8H15N5S/c1-13-4-2-3-6(13)5-10-8-11-7(9)12-14-8/h6H,2-5H2,1H3,(H3,9,10,11,12). The minimum absolute atomic E-state index is 0.359. The van der Waals surface area contributed by atoms with Crippen molar-refractivity contribution in [3.63, 3.8) is 0 Å². The number of hydrogen-bond donors (Lipinski definition) is 2. The molecular weight excluding hydrogens is 198 g/mol. The number of rotatable bonds is 3. The molecule has 14 heavy (non-hydrogen) atoms. The highest BCUT2D eigenvalue weighted by molar-refractivity contribution is 7.09. The van der Waals surface area contributed by atoms with E-state index in [9.17, 15) is 0 Å². The highest BCUT2D eigenvalue weighted by Gasteiger charge is 2.20. The van der Waals surface area contributed by atoms with Gasteiger partial charge in [0.25, 0.3) is 0 Å². The summed E-state index contributed by atoms with van der Waals surface area (Å²) in [6.45, 7) is 2.13. The minimum Gasteiger partial charge on any atom is -0.367 e. The van der Waals surface area contributed by atoms with Gasteiger partial charge in [-0.3, -0.25) is 0 Å². The molecule has 0 saturated carbocycles. The topological polar surface area (TPSA) is 67.1 Å². The third-order valence-corrected chi connectivity index (χ3v) is 3.29. The maximum Gasteiger partial charge on any atom is 0.233 e. The van der Waals surface area contributed by atoms with E-state index < -0.39 is 0 Å². The number of aromatic nitrogens is 2. The van der Waals surface area contributed by atoms with Crippen LogP contribution in [0.5, 0.6) is 0 Å². The zero-order chi connectivity index (χ0) is 9.97. The monoisotopic (exact) mass is 213 g/mol. The third kappa shape index (κ3) is 2.13. The molecule has 1 fully saturated rings. The molecule has 2 heterocycles. The normalized spacial score (nSPS) is 22.8. The van der Waals surface area contributed by atoms with Gasteiger partial charge in [-0.15, -0.1) is 0 Å². The largest absolute Gasteiger partial charge is 0.367 e. The lowest BCUT2D eigenvalue weighted by Crippen LogP contribution is -2.31. The van der Waals surface area contributed by atoms with Crippen LogP contribution in [0.2, 0.25) is 0 Å². The third-order valence-electron chi connectivity index (χ3n) is 2.60. The van der Waals surface area contributed by atoms with Crippen LogP contribution in [0.25, 0.3) is 0 Å². The fourth-order valence-corrected chi connectivity index (χ4v) is 2.25. The van der Waals surface area contributed by atoms with Crippen LogP contribution < -0.4 is 11.1 Å². The molecule has 1 unspecified atom stereocenters. The molecule has 0 aromatic carbocycles. The first-order valence-corrected chi connectivity index (χ1v) is 5.56. The van der Waals surface area contributed by atoms with Crippen LogP contribution in [-0.4, -0.2) is 40.4 Å². The molecule has 0 spiro atoms. The first kappa shape index (κ1) is 9.67. The molecule has 0 amide bonds. The zero-order valence-electron chi connectivity index (χ0n) is 8.23. The number of hydrogen-bond acceptors (Lipinski definition) is 6. The smallest absolute Gasteiger partial charge is 0.233 e. The van der Waals surface area contributed by atoms with Gasteiger partial charge in [0, 0.05) is 24.1 Å². The van der Waals surface area contributed by atoms with Crippen LogP contribution in [0, 0.1) is 0 Å². The number of nitrogens with two attached hydrogens (primary N) is 1. The summed E-state index contributed by atoms with van der Waals surface area (Å²) >= 11 is 1.32. The van der Waals surface area contributed by atoms with Crippen molar-refractivity contribution in [3.8, 4) is 0 Å². The van der Waals surface area contributed by atoms with Crippen LogP contribution in [-0.2, 0) is 0 Å². The Kier molecular flexibility index (Phi) is 2.83. The van der Waals surface area contributed by atoms with Crippen molar-refractivity contribution in [2.75, 3.05) is 31.2 Å². The predicted molar refractivity (Wildman–Crippen MR) is 58.5 cm³/mol. The summed E-state index contributed by atoms with van der Waals surface area (Å²) in [5.74, 6) is 0.359. The molecule has 3 N–H and O–H groups in total. The second kappa shape index (κ2) is 4.10. The van der Waals surface area contributed by atoms with Crippen molar-refractivity contribution >= 4 is 22.6 Å². The van der Waals surface area contributed by atoms with Gasteiger partial charge >= 0.3 is 0 Å². The maximum absolute atomic E-state index is 5.43. The average molecular weight is 213 g/mol. The van der Waals surface area contributed by atoms with Gasteiger partial charge in [-0.05, 0) is 26.4 Å². The molecule has 1 aliphatic rings. The molecule has 1 aromatic rings. The Bertz CT molecular complexity index is 300. The minimum atomic E-state index is 0.359. The second-order valence-electron chi connectivity index (χ2n) is 3.62. The van der Waals surface area contributed by atoms with E-state index in [2.05, 4.69) is 26.6 Å². The summed E-state index contributed by atoms with van der Waals surface area (Å²) in [6.07, 6.45) is 2.55. The van der Waals surface area contributed by atoms with Gasteiger partial charge in [-0.25, -0.2) is 0 Å². The second-order valence-corrected chi connectivity index (χ2v) is 4.37. The van der Waals surface area contributed by atoms with Crippen molar-refractivity contribution in [1.29, 1.82) is 0 Å². The lowest BCUT2D eigenvalue weighted by atomic mass is 10.2. The van der Waals surface area contributed by atoms with Crippen molar-refractivity contribution in [2.45, 2.75) is 18.9 Å². The Morgan fingerprint density at radius 2 is 2.57 bits per heavy atom. The number of nitrogens with one attached hydrogen (secondary N) is 1. The quantitative estimate of drug-likeness (QED) is 0.770. The fraction of sp³-hybridized carbons (Fsp3) is 0.750. The molecule has 5 nitrogen and oxygen atoms in total. The molecule has 0 aliphatic carbocycles. The molecule has 6 heteroatoms. The summed E-state index contributed by atoms with van der Waals surface area (Å²) in [7, 11) is 2.16. The Labute approximate surface area is 87.5 Å². The van der Waals surface area contributed by atoms with Crippen molar-refractivity contribution in [1.82, 2.24) is 14.3 Å². The van der Waals surface area contributed by atoms with Crippen LogP contribution in [0.3, 0.4) is 0 Å². The first-order chi connectivity index (χ1) is 6.75. The SMILES string of the molecule is CN1CCCC1CNc1nc(N)ns1. The van der Waals surface area contributed by atoms with Gasteiger partial charge in [0.1, 0.15) is 0 Å². The van der Waals surface area contributed by atoms with Crippen molar-refractivity contribution < 1.29 is 0 Å². The molecule has 1 aromatic heterocycles. The number of likely N-dealkylation sites (tertiary alicyclic amines) is 1. The molecule has 1 atom stereocenters. The molecular formula is C8H15N5S. The highest BCUT2D eigenvalue weighted by Crippen LogP contribution is 2.17. The number of likely N-dealkylation sites (N-methyl/N-ethyl adjacent to an activating group) is 1. The van der Waals surface area contributed by atoms with Crippen LogP contribution in [0.4, 0.5) is 11.1 Å². The summed E-state index contributed by atoms with van der Waals surface area (Å²) in [4.78, 5) is 6.42. The Balaban J connectivity index is 1.82. The van der Waals surface area contributed by atoms with E-state index in [1.165, 1.54) is 30.9 Å². The van der Waals surface area contributed by atoms with Gasteiger partial charge in [0.15, 0.2) is 0 Å². The van der Waals surface area contributed by atoms with E-state index in [0.717, 1.165) is 11.7 Å². The fourth-order valence-electron chi connectivity index (χ4n) is 1.75. The van der Waals surface area contributed by atoms with E-state index >= 15 is 0 Å². The summed E-state index contributed by atoms with van der Waals surface area (Å²) in [6, 6.07) is 0.625. The maximum atomic E-state index is 5.43. The van der Waals surface area contributed by atoms with Crippen molar-refractivity contribution in [2.24, 2.45) is 0 Å². The van der Waals surface area contributed by atoms with Crippen LogP contribution in [0.15, 0.2) is 0 Å².